The number of pyridine rings is 1. The highest BCUT2D eigenvalue weighted by atomic mass is 35.5. The Morgan fingerprint density at radius 1 is 1.73 bits per heavy atom. The van der Waals surface area contributed by atoms with E-state index in [0.717, 1.165) is 6.42 Å². The molecule has 1 aromatic rings. The molecule has 5 heteroatoms. The molecular weight excluding hydrogens is 216 g/mol. The lowest BCUT2D eigenvalue weighted by Gasteiger charge is -2.06. The Hall–Kier alpha value is -1.55. The van der Waals surface area contributed by atoms with Gasteiger partial charge in [0.05, 0.1) is 10.6 Å². The highest BCUT2D eigenvalue weighted by molar-refractivity contribution is 6.33. The van der Waals surface area contributed by atoms with Crippen molar-refractivity contribution in [1.82, 2.24) is 4.98 Å². The molecule has 80 valence electrons. The normalized spacial score (nSPS) is 9.67. The van der Waals surface area contributed by atoms with Gasteiger partial charge in [-0.05, 0) is 12.5 Å². The van der Waals surface area contributed by atoms with Gasteiger partial charge < -0.3 is 10.4 Å². The molecule has 0 saturated carbocycles. The monoisotopic (exact) mass is 226 g/mol. The minimum absolute atomic E-state index is 0.0780. The predicted molar refractivity (Wildman–Crippen MR) is 59.5 cm³/mol. The van der Waals surface area contributed by atoms with Crippen molar-refractivity contribution in [1.29, 1.82) is 0 Å². The number of carboxylic acids is 1. The van der Waals surface area contributed by atoms with Crippen LogP contribution in [-0.2, 0) is 0 Å². The Morgan fingerprint density at radius 3 is 3.00 bits per heavy atom. The topological polar surface area (TPSA) is 62.2 Å². The first-order valence-electron chi connectivity index (χ1n) is 4.38. The maximum atomic E-state index is 10.6. The van der Waals surface area contributed by atoms with Crippen LogP contribution in [0.1, 0.15) is 16.8 Å². The van der Waals surface area contributed by atoms with Gasteiger partial charge in [0, 0.05) is 12.7 Å². The third-order valence-corrected chi connectivity index (χ3v) is 2.02. The van der Waals surface area contributed by atoms with Gasteiger partial charge in [0.25, 0.3) is 0 Å². The van der Waals surface area contributed by atoms with Crippen LogP contribution in [0.25, 0.3) is 0 Å². The molecule has 0 unspecified atom stereocenters. The van der Waals surface area contributed by atoms with Gasteiger partial charge >= 0.3 is 5.97 Å². The molecule has 0 bridgehead atoms. The first-order chi connectivity index (χ1) is 7.15. The van der Waals surface area contributed by atoms with Crippen molar-refractivity contribution in [3.63, 3.8) is 0 Å². The van der Waals surface area contributed by atoms with Crippen molar-refractivity contribution in [2.75, 3.05) is 11.9 Å². The molecule has 0 atom stereocenters. The van der Waals surface area contributed by atoms with Crippen LogP contribution in [0.15, 0.2) is 24.9 Å². The van der Waals surface area contributed by atoms with Crippen LogP contribution in [0.3, 0.4) is 0 Å². The fourth-order valence-corrected chi connectivity index (χ4v) is 1.21. The van der Waals surface area contributed by atoms with Crippen molar-refractivity contribution in [2.45, 2.75) is 6.42 Å². The first-order valence-corrected chi connectivity index (χ1v) is 4.76. The number of aromatic carboxylic acids is 1. The summed E-state index contributed by atoms with van der Waals surface area (Å²) in [5.74, 6) is -0.550. The molecule has 0 radical (unpaired) electrons. The average molecular weight is 227 g/mol. The number of aromatic nitrogens is 1. The molecule has 1 aromatic heterocycles. The van der Waals surface area contributed by atoms with E-state index in [0.29, 0.717) is 17.4 Å². The molecule has 0 aliphatic carbocycles. The number of nitrogens with zero attached hydrogens (tertiary/aromatic N) is 1. The lowest BCUT2D eigenvalue weighted by Crippen LogP contribution is -2.05. The van der Waals surface area contributed by atoms with E-state index < -0.39 is 5.97 Å². The van der Waals surface area contributed by atoms with Crippen LogP contribution in [0.5, 0.6) is 0 Å². The summed E-state index contributed by atoms with van der Waals surface area (Å²) in [7, 11) is 0. The summed E-state index contributed by atoms with van der Waals surface area (Å²) in [4.78, 5) is 14.5. The fraction of sp³-hybridized carbons (Fsp3) is 0.200. The number of carboxylic acid groups (broad SMARTS) is 1. The van der Waals surface area contributed by atoms with Gasteiger partial charge in [-0.15, -0.1) is 6.58 Å². The maximum absolute atomic E-state index is 10.6. The van der Waals surface area contributed by atoms with Crippen molar-refractivity contribution in [3.8, 4) is 0 Å². The number of nitrogens with one attached hydrogen (secondary N) is 1. The zero-order valence-corrected chi connectivity index (χ0v) is 8.79. The summed E-state index contributed by atoms with van der Waals surface area (Å²) < 4.78 is 0. The van der Waals surface area contributed by atoms with E-state index in [9.17, 15) is 4.79 Å². The number of carbonyl (C=O) groups is 1. The standard InChI is InChI=1S/C10H11ClN2O2/c1-2-3-4-12-9-8(11)5-7(6-13-9)10(14)15/h2,5-6H,1,3-4H2,(H,12,13)(H,14,15). The van der Waals surface area contributed by atoms with Crippen molar-refractivity contribution in [3.05, 3.63) is 35.5 Å². The summed E-state index contributed by atoms with van der Waals surface area (Å²) in [6.45, 7) is 4.25. The van der Waals surface area contributed by atoms with Crippen LogP contribution in [0.2, 0.25) is 5.02 Å². The van der Waals surface area contributed by atoms with Gasteiger partial charge in [-0.25, -0.2) is 9.78 Å². The second-order valence-electron chi connectivity index (χ2n) is 2.86. The van der Waals surface area contributed by atoms with Gasteiger partial charge in [0.2, 0.25) is 0 Å². The zero-order chi connectivity index (χ0) is 11.3. The zero-order valence-electron chi connectivity index (χ0n) is 8.03. The minimum atomic E-state index is -1.04. The smallest absolute Gasteiger partial charge is 0.337 e. The summed E-state index contributed by atoms with van der Waals surface area (Å²) in [5, 5.41) is 12.0. The average Bonchev–Trinajstić information content (AvgIpc) is 2.20. The van der Waals surface area contributed by atoms with Crippen molar-refractivity contribution in [2.24, 2.45) is 0 Å². The van der Waals surface area contributed by atoms with E-state index in [1.165, 1.54) is 12.3 Å². The van der Waals surface area contributed by atoms with Crippen LogP contribution in [-0.4, -0.2) is 22.6 Å². The second-order valence-corrected chi connectivity index (χ2v) is 3.27. The number of halogens is 1. The minimum Gasteiger partial charge on any atom is -0.478 e. The molecule has 0 aromatic carbocycles. The first kappa shape index (κ1) is 11.5. The molecule has 2 N–H and O–H groups in total. The van der Waals surface area contributed by atoms with E-state index >= 15 is 0 Å². The van der Waals surface area contributed by atoms with Gasteiger partial charge in [-0.3, -0.25) is 0 Å². The molecule has 15 heavy (non-hydrogen) atoms. The molecule has 4 nitrogen and oxygen atoms in total. The number of hydrogen-bond donors (Lipinski definition) is 2. The predicted octanol–water partition coefficient (Wildman–Crippen LogP) is 2.42. The van der Waals surface area contributed by atoms with E-state index in [-0.39, 0.29) is 5.56 Å². The Balaban J connectivity index is 2.74. The molecule has 1 rings (SSSR count). The second kappa shape index (κ2) is 5.36. The lowest BCUT2D eigenvalue weighted by molar-refractivity contribution is 0.0696. The number of anilines is 1. The number of hydrogen-bond acceptors (Lipinski definition) is 3. The fourth-order valence-electron chi connectivity index (χ4n) is 0.978. The maximum Gasteiger partial charge on any atom is 0.337 e. The summed E-state index contributed by atoms with van der Waals surface area (Å²) >= 11 is 5.84. The van der Waals surface area contributed by atoms with Crippen molar-refractivity contribution < 1.29 is 9.90 Å². The highest BCUT2D eigenvalue weighted by Gasteiger charge is 2.07. The summed E-state index contributed by atoms with van der Waals surface area (Å²) in [5.41, 5.74) is 0.0780. The van der Waals surface area contributed by atoms with Crippen LogP contribution in [0.4, 0.5) is 5.82 Å². The SMILES string of the molecule is C=CCCNc1ncc(C(=O)O)cc1Cl. The summed E-state index contributed by atoms with van der Waals surface area (Å²) in [6.07, 6.45) is 3.83. The van der Waals surface area contributed by atoms with Gasteiger partial charge in [-0.2, -0.15) is 0 Å². The molecule has 0 aliphatic heterocycles. The Labute approximate surface area is 92.6 Å². The van der Waals surface area contributed by atoms with Gasteiger partial charge in [0.1, 0.15) is 5.82 Å². The molecule has 0 aliphatic rings. The molecule has 0 spiro atoms. The third kappa shape index (κ3) is 3.25. The number of rotatable bonds is 5. The van der Waals surface area contributed by atoms with Crippen molar-refractivity contribution >= 4 is 23.4 Å². The van der Waals surface area contributed by atoms with E-state index in [2.05, 4.69) is 16.9 Å². The molecule has 0 amide bonds. The molecular formula is C10H11ClN2O2. The highest BCUT2D eigenvalue weighted by Crippen LogP contribution is 2.19. The molecule has 1 heterocycles. The summed E-state index contributed by atoms with van der Waals surface area (Å²) in [6, 6.07) is 1.37. The van der Waals surface area contributed by atoms with Crippen LogP contribution in [0, 0.1) is 0 Å². The lowest BCUT2D eigenvalue weighted by atomic mass is 10.3. The van der Waals surface area contributed by atoms with Crippen LogP contribution < -0.4 is 5.32 Å². The Kier molecular flexibility index (Phi) is 4.12. The molecule has 0 fully saturated rings. The van der Waals surface area contributed by atoms with Crippen LogP contribution >= 0.6 is 11.6 Å². The quantitative estimate of drug-likeness (QED) is 0.598. The Morgan fingerprint density at radius 2 is 2.47 bits per heavy atom. The van der Waals surface area contributed by atoms with E-state index in [1.807, 2.05) is 0 Å². The Bertz CT molecular complexity index is 380. The third-order valence-electron chi connectivity index (χ3n) is 1.73. The van der Waals surface area contributed by atoms with Gasteiger partial charge in [-0.1, -0.05) is 17.7 Å². The van der Waals surface area contributed by atoms with Gasteiger partial charge in [0.15, 0.2) is 0 Å². The molecule has 0 saturated heterocycles. The van der Waals surface area contributed by atoms with E-state index in [1.54, 1.807) is 6.08 Å². The largest absolute Gasteiger partial charge is 0.478 e. The van der Waals surface area contributed by atoms with E-state index in [4.69, 9.17) is 16.7 Å².